The lowest BCUT2D eigenvalue weighted by molar-refractivity contribution is -0.146. The molecular weight excluding hydrogens is 744 g/mol. The van der Waals surface area contributed by atoms with Crippen molar-refractivity contribution in [3.8, 4) is 11.5 Å². The van der Waals surface area contributed by atoms with Crippen LogP contribution in [0.4, 0.5) is 0 Å². The number of benzene rings is 1. The van der Waals surface area contributed by atoms with Crippen molar-refractivity contribution in [1.82, 2.24) is 31.5 Å². The molecule has 5 amide bonds. The highest BCUT2D eigenvalue weighted by molar-refractivity contribution is 6.32. The molecule has 0 spiro atoms. The Labute approximate surface area is 321 Å². The van der Waals surface area contributed by atoms with Gasteiger partial charge in [0.2, 0.25) is 11.8 Å². The molecule has 0 aliphatic carbocycles. The molecule has 2 bridgehead atoms. The summed E-state index contributed by atoms with van der Waals surface area (Å²) >= 11 is 6.33. The van der Waals surface area contributed by atoms with Crippen LogP contribution in [0.2, 0.25) is 5.02 Å². The van der Waals surface area contributed by atoms with E-state index in [1.165, 1.54) is 52.1 Å². The zero-order chi connectivity index (χ0) is 41.5. The van der Waals surface area contributed by atoms with Gasteiger partial charge in [0.25, 0.3) is 17.7 Å². The third-order valence-corrected chi connectivity index (χ3v) is 9.51. The summed E-state index contributed by atoms with van der Waals surface area (Å²) in [7, 11) is 1.40. The highest BCUT2D eigenvalue weighted by Gasteiger charge is 2.47. The zero-order valence-electron chi connectivity index (χ0n) is 31.0. The molecule has 19 heteroatoms. The van der Waals surface area contributed by atoms with Crippen molar-refractivity contribution in [2.24, 2.45) is 0 Å². The quantitative estimate of drug-likeness (QED) is 0.109. The van der Waals surface area contributed by atoms with Crippen molar-refractivity contribution in [3.63, 3.8) is 0 Å². The maximum Gasteiger partial charge on any atom is 0.352 e. The second kappa shape index (κ2) is 18.1. The molecule has 298 valence electrons. The van der Waals surface area contributed by atoms with E-state index in [1.807, 2.05) is 5.32 Å². The Morgan fingerprint density at radius 3 is 2.29 bits per heavy atom. The molecular formula is C36H45ClN6O12. The minimum Gasteiger partial charge on any atom is -0.503 e. The number of ether oxygens (including phenoxy) is 1. The van der Waals surface area contributed by atoms with E-state index < -0.39 is 94.5 Å². The first-order valence-corrected chi connectivity index (χ1v) is 17.4. The number of allylic oxidation sites excluding steroid dienone is 1. The summed E-state index contributed by atoms with van der Waals surface area (Å²) in [6, 6.07) is -3.37. The molecule has 0 aromatic heterocycles. The number of carbonyl (C=O) groups is 7. The van der Waals surface area contributed by atoms with Crippen molar-refractivity contribution >= 4 is 53.1 Å². The minimum absolute atomic E-state index is 0.0204. The molecule has 0 radical (unpaired) electrons. The summed E-state index contributed by atoms with van der Waals surface area (Å²) in [6.07, 6.45) is 1.71. The first-order chi connectivity index (χ1) is 25.7. The van der Waals surface area contributed by atoms with Crippen LogP contribution in [0, 0.1) is 0 Å². The van der Waals surface area contributed by atoms with Crippen LogP contribution in [0.3, 0.4) is 0 Å². The lowest BCUT2D eigenvalue weighted by atomic mass is 9.90. The Morgan fingerprint density at radius 1 is 1.09 bits per heavy atom. The number of aliphatic hydroxyl groups excluding tert-OH is 1. The van der Waals surface area contributed by atoms with Gasteiger partial charge in [0, 0.05) is 6.54 Å². The van der Waals surface area contributed by atoms with Crippen molar-refractivity contribution in [3.05, 3.63) is 70.1 Å². The van der Waals surface area contributed by atoms with Crippen LogP contribution in [-0.2, 0) is 33.6 Å². The molecule has 0 fully saturated rings. The lowest BCUT2D eigenvalue weighted by Gasteiger charge is -2.40. The van der Waals surface area contributed by atoms with Crippen molar-refractivity contribution in [2.75, 3.05) is 13.6 Å². The summed E-state index contributed by atoms with van der Waals surface area (Å²) in [4.78, 5) is 92.9. The normalized spacial score (nSPS) is 24.8. The predicted octanol–water partition coefficient (Wildman–Crippen LogP) is 0.510. The fourth-order valence-electron chi connectivity index (χ4n) is 5.73. The number of phenolic OH excluding ortho intramolecular Hbond substituents is 1. The number of fused-ring (bicyclic) bond motifs is 2. The number of carboxylic acids is 2. The van der Waals surface area contributed by atoms with Gasteiger partial charge in [-0.15, -0.1) is 0 Å². The van der Waals surface area contributed by atoms with Gasteiger partial charge in [-0.25, -0.2) is 9.59 Å². The number of hydrogen-bond donors (Lipinski definition) is 9. The molecule has 1 aromatic rings. The number of amides is 5. The van der Waals surface area contributed by atoms with E-state index in [4.69, 9.17) is 21.4 Å². The second-order valence-electron chi connectivity index (χ2n) is 13.1. The minimum atomic E-state index is -1.75. The Morgan fingerprint density at radius 2 is 1.75 bits per heavy atom. The number of aromatic hydroxyl groups is 1. The highest BCUT2D eigenvalue weighted by atomic mass is 35.5. The van der Waals surface area contributed by atoms with Crippen LogP contribution in [-0.4, -0.2) is 110 Å². The zero-order valence-corrected chi connectivity index (χ0v) is 31.7. The Hall–Kier alpha value is -5.72. The number of hydrogen-bond acceptors (Lipinski definition) is 11. The SMILES string of the molecule is C=C(C)[C@@H]1NC(=O)[C@H](NC)[C@H](O)c2cc(Cl)c(O)c(c2)O[C@](C)(CC)[C@@H](C(=O)N2CC=C[C@H]2C(=O)N/C(C(=O)N/C(=C/C(=O)O)C(=O)O)=C(\C)CC)NC1=O. The first-order valence-electron chi connectivity index (χ1n) is 17.0. The van der Waals surface area contributed by atoms with E-state index >= 15 is 0 Å². The van der Waals surface area contributed by atoms with Crippen LogP contribution in [0.5, 0.6) is 11.5 Å². The fraction of sp³-hybridized carbons (Fsp3) is 0.417. The number of aliphatic carboxylic acids is 2. The van der Waals surface area contributed by atoms with Crippen LogP contribution in [0.1, 0.15) is 59.1 Å². The smallest absolute Gasteiger partial charge is 0.352 e. The largest absolute Gasteiger partial charge is 0.503 e. The molecule has 6 atom stereocenters. The van der Waals surface area contributed by atoms with Gasteiger partial charge in [-0.05, 0) is 69.5 Å². The number of nitrogens with zero attached hydrogens (tertiary/aromatic N) is 1. The molecule has 0 saturated carbocycles. The molecule has 1 aromatic carbocycles. The summed E-state index contributed by atoms with van der Waals surface area (Å²) in [5.74, 6) is -8.94. The Balaban J connectivity index is 2.11. The number of likely N-dealkylation sites (N-methyl/N-ethyl adjacent to an activating group) is 1. The van der Waals surface area contributed by atoms with Crippen LogP contribution < -0.4 is 31.3 Å². The third kappa shape index (κ3) is 9.88. The van der Waals surface area contributed by atoms with Crippen molar-refractivity contribution in [1.29, 1.82) is 0 Å². The van der Waals surface area contributed by atoms with E-state index in [-0.39, 0.29) is 52.9 Å². The standard InChI is InChI=1S/C36H45ClN6O12/c1-8-17(5)25(32(50)39-20(35(53)54)15-23(44)45)41-30(48)21-11-10-12-43(21)34(52)29-36(6,9-2)55-22-14-18(13-19(37)28(22)47)27(46)26(38-7)33(51)40-24(16(3)4)31(49)42-29/h10-11,13-15,21,24,26-27,29,38,46-47H,3,8-9,12H2,1-2,4-7H3,(H,39,50)(H,40,51)(H,41,48)(H,42,49)(H,44,45)(H,53,54)/b20-15+,25-17+/t21-,24-,26+,27+,29+,36+/m0/s1. The maximum absolute atomic E-state index is 14.7. The van der Waals surface area contributed by atoms with Gasteiger partial charge in [0.15, 0.2) is 11.5 Å². The van der Waals surface area contributed by atoms with Crippen molar-refractivity contribution in [2.45, 2.75) is 83.3 Å². The average Bonchev–Trinajstić information content (AvgIpc) is 3.62. The summed E-state index contributed by atoms with van der Waals surface area (Å²) in [6.45, 7) is 11.3. The number of rotatable bonds is 11. The molecule has 55 heavy (non-hydrogen) atoms. The molecule has 0 unspecified atom stereocenters. The summed E-state index contributed by atoms with van der Waals surface area (Å²) in [5, 5.41) is 52.6. The second-order valence-corrected chi connectivity index (χ2v) is 13.5. The van der Waals surface area contributed by atoms with Crippen LogP contribution in [0.25, 0.3) is 0 Å². The number of halogens is 1. The number of carboxylic acid groups (broad SMARTS) is 2. The van der Waals surface area contributed by atoms with E-state index in [9.17, 15) is 48.9 Å². The number of nitrogens with one attached hydrogen (secondary N) is 5. The molecule has 0 saturated heterocycles. The van der Waals surface area contributed by atoms with Gasteiger partial charge < -0.3 is 56.6 Å². The number of carbonyl (C=O) groups excluding carboxylic acids is 5. The fourth-order valence-corrected chi connectivity index (χ4v) is 5.95. The topological polar surface area (TPSA) is 273 Å². The summed E-state index contributed by atoms with van der Waals surface area (Å²) in [5.41, 5.74) is -2.62. The monoisotopic (exact) mass is 788 g/mol. The molecule has 2 aliphatic rings. The van der Waals surface area contributed by atoms with E-state index in [0.29, 0.717) is 0 Å². The Kier molecular flexibility index (Phi) is 14.4. The predicted molar refractivity (Wildman–Crippen MR) is 196 cm³/mol. The molecule has 18 nitrogen and oxygen atoms in total. The molecule has 9 N–H and O–H groups in total. The van der Waals surface area contributed by atoms with Crippen molar-refractivity contribution < 1.29 is 58.7 Å². The van der Waals surface area contributed by atoms with E-state index in [1.54, 1.807) is 13.8 Å². The summed E-state index contributed by atoms with van der Waals surface area (Å²) < 4.78 is 6.29. The van der Waals surface area contributed by atoms with Gasteiger partial charge in [-0.2, -0.15) is 0 Å². The number of aliphatic hydroxyl groups is 1. The number of phenols is 1. The van der Waals surface area contributed by atoms with E-state index in [0.717, 1.165) is 4.90 Å². The maximum atomic E-state index is 14.7. The highest BCUT2D eigenvalue weighted by Crippen LogP contribution is 2.41. The van der Waals surface area contributed by atoms with Gasteiger partial charge in [-0.1, -0.05) is 44.2 Å². The average molecular weight is 789 g/mol. The van der Waals surface area contributed by atoms with Crippen LogP contribution in [0.15, 0.2) is 59.5 Å². The first kappa shape index (κ1) is 43.7. The lowest BCUT2D eigenvalue weighted by Crippen LogP contribution is -2.65. The van der Waals surface area contributed by atoms with Gasteiger partial charge in [0.1, 0.15) is 47.3 Å². The van der Waals surface area contributed by atoms with Gasteiger partial charge in [-0.3, -0.25) is 24.0 Å². The van der Waals surface area contributed by atoms with Crippen LogP contribution >= 0.6 is 11.6 Å². The van der Waals surface area contributed by atoms with Gasteiger partial charge in [0.05, 0.1) is 11.1 Å². The molecule has 3 rings (SSSR count). The molecule has 2 heterocycles. The Bertz CT molecular complexity index is 1880. The van der Waals surface area contributed by atoms with E-state index in [2.05, 4.69) is 27.8 Å². The third-order valence-electron chi connectivity index (χ3n) is 9.22. The van der Waals surface area contributed by atoms with Gasteiger partial charge >= 0.3 is 11.9 Å². The molecule has 2 aliphatic heterocycles.